The smallest absolute Gasteiger partial charge is 0.253 e. The van der Waals surface area contributed by atoms with Crippen molar-refractivity contribution in [2.75, 3.05) is 20.1 Å². The number of amides is 1. The van der Waals surface area contributed by atoms with Crippen LogP contribution in [0, 0.1) is 6.92 Å². The Kier molecular flexibility index (Phi) is 4.25. The van der Waals surface area contributed by atoms with E-state index in [4.69, 9.17) is 11.6 Å². The van der Waals surface area contributed by atoms with E-state index >= 15 is 0 Å². The zero-order valence-electron chi connectivity index (χ0n) is 10.9. The Labute approximate surface area is 113 Å². The van der Waals surface area contributed by atoms with E-state index < -0.39 is 0 Å². The van der Waals surface area contributed by atoms with Crippen molar-refractivity contribution in [3.8, 4) is 0 Å². The Balaban J connectivity index is 2.12. The van der Waals surface area contributed by atoms with Crippen molar-refractivity contribution >= 4 is 17.5 Å². The van der Waals surface area contributed by atoms with Crippen LogP contribution in [-0.2, 0) is 0 Å². The van der Waals surface area contributed by atoms with Crippen LogP contribution >= 0.6 is 11.6 Å². The molecule has 0 aliphatic carbocycles. The average Bonchev–Trinajstić information content (AvgIpc) is 2.41. The minimum absolute atomic E-state index is 0.0804. The summed E-state index contributed by atoms with van der Waals surface area (Å²) in [7, 11) is 1.95. The number of nitrogens with one attached hydrogen (secondary N) is 1. The largest absolute Gasteiger partial charge is 0.337 e. The summed E-state index contributed by atoms with van der Waals surface area (Å²) in [6, 6.07) is 5.92. The van der Waals surface area contributed by atoms with Crippen LogP contribution in [0.15, 0.2) is 18.2 Å². The zero-order chi connectivity index (χ0) is 13.1. The number of halogens is 1. The third-order valence-electron chi connectivity index (χ3n) is 3.54. The number of likely N-dealkylation sites (N-methyl/N-ethyl adjacent to an activating group) is 1. The monoisotopic (exact) mass is 266 g/mol. The predicted molar refractivity (Wildman–Crippen MR) is 74.2 cm³/mol. The van der Waals surface area contributed by atoms with Crippen molar-refractivity contribution in [1.29, 1.82) is 0 Å². The van der Waals surface area contributed by atoms with Crippen LogP contribution in [0.25, 0.3) is 0 Å². The van der Waals surface area contributed by atoms with E-state index in [9.17, 15) is 4.79 Å². The summed E-state index contributed by atoms with van der Waals surface area (Å²) in [4.78, 5) is 14.3. The Morgan fingerprint density at radius 3 is 2.94 bits per heavy atom. The van der Waals surface area contributed by atoms with Crippen molar-refractivity contribution in [2.45, 2.75) is 25.8 Å². The minimum atomic E-state index is 0.0804. The lowest BCUT2D eigenvalue weighted by Crippen LogP contribution is -2.46. The van der Waals surface area contributed by atoms with Gasteiger partial charge < -0.3 is 10.2 Å². The van der Waals surface area contributed by atoms with Crippen molar-refractivity contribution in [3.05, 3.63) is 34.3 Å². The van der Waals surface area contributed by atoms with Gasteiger partial charge in [0.2, 0.25) is 0 Å². The minimum Gasteiger partial charge on any atom is -0.337 e. The molecule has 2 rings (SSSR count). The van der Waals surface area contributed by atoms with Gasteiger partial charge in [-0.3, -0.25) is 4.79 Å². The van der Waals surface area contributed by atoms with E-state index in [1.54, 1.807) is 6.07 Å². The van der Waals surface area contributed by atoms with Gasteiger partial charge in [0.15, 0.2) is 0 Å². The number of nitrogens with zero attached hydrogens (tertiary/aromatic N) is 1. The van der Waals surface area contributed by atoms with Gasteiger partial charge in [-0.2, -0.15) is 0 Å². The second kappa shape index (κ2) is 5.72. The molecule has 1 aromatic rings. The van der Waals surface area contributed by atoms with Gasteiger partial charge in [-0.05, 0) is 44.5 Å². The highest BCUT2D eigenvalue weighted by Crippen LogP contribution is 2.19. The number of likely N-dealkylation sites (tertiary alicyclic amines) is 1. The number of carbonyl (C=O) groups excluding carboxylic acids is 1. The molecule has 18 heavy (non-hydrogen) atoms. The molecule has 0 bridgehead atoms. The van der Waals surface area contributed by atoms with E-state index in [0.29, 0.717) is 16.6 Å². The number of aryl methyl sites for hydroxylation is 1. The number of hydrogen-bond donors (Lipinski definition) is 1. The summed E-state index contributed by atoms with van der Waals surface area (Å²) in [5.74, 6) is 0.0804. The molecule has 1 aromatic carbocycles. The summed E-state index contributed by atoms with van der Waals surface area (Å²) in [5.41, 5.74) is 1.68. The maximum absolute atomic E-state index is 12.4. The van der Waals surface area contributed by atoms with Gasteiger partial charge in [0, 0.05) is 29.7 Å². The molecule has 1 atom stereocenters. The molecular weight excluding hydrogens is 248 g/mol. The topological polar surface area (TPSA) is 32.3 Å². The maximum Gasteiger partial charge on any atom is 0.253 e. The first-order valence-electron chi connectivity index (χ1n) is 6.34. The zero-order valence-corrected chi connectivity index (χ0v) is 11.6. The van der Waals surface area contributed by atoms with Crippen LogP contribution in [-0.4, -0.2) is 37.0 Å². The molecule has 1 heterocycles. The standard InChI is InChI=1S/C14H19ClN2O/c1-10-5-6-11(8-13(10)15)14(18)17-7-3-4-12(9-17)16-2/h5-6,8,12,16H,3-4,7,9H2,1-2H3. The molecule has 1 saturated heterocycles. The Bertz CT molecular complexity index is 447. The second-order valence-corrected chi connectivity index (χ2v) is 5.25. The van der Waals surface area contributed by atoms with Crippen molar-refractivity contribution < 1.29 is 4.79 Å². The third-order valence-corrected chi connectivity index (χ3v) is 3.94. The normalized spacial score (nSPS) is 19.9. The summed E-state index contributed by atoms with van der Waals surface area (Å²) >= 11 is 6.07. The van der Waals surface area contributed by atoms with Gasteiger partial charge in [0.25, 0.3) is 5.91 Å². The highest BCUT2D eigenvalue weighted by molar-refractivity contribution is 6.31. The molecule has 1 fully saturated rings. The summed E-state index contributed by atoms with van der Waals surface area (Å²) in [6.07, 6.45) is 2.19. The first-order valence-corrected chi connectivity index (χ1v) is 6.72. The Hall–Kier alpha value is -1.06. The van der Waals surface area contributed by atoms with Crippen LogP contribution in [0.3, 0.4) is 0 Å². The van der Waals surface area contributed by atoms with Crippen LogP contribution in [0.5, 0.6) is 0 Å². The predicted octanol–water partition coefficient (Wildman–Crippen LogP) is 2.47. The molecule has 0 spiro atoms. The molecule has 3 nitrogen and oxygen atoms in total. The third kappa shape index (κ3) is 2.85. The fourth-order valence-corrected chi connectivity index (χ4v) is 2.49. The van der Waals surface area contributed by atoms with E-state index in [0.717, 1.165) is 31.5 Å². The van der Waals surface area contributed by atoms with Crippen molar-refractivity contribution in [1.82, 2.24) is 10.2 Å². The number of benzene rings is 1. The van der Waals surface area contributed by atoms with Gasteiger partial charge in [-0.1, -0.05) is 17.7 Å². The van der Waals surface area contributed by atoms with Gasteiger partial charge in [0.05, 0.1) is 0 Å². The van der Waals surface area contributed by atoms with E-state index in [-0.39, 0.29) is 5.91 Å². The summed E-state index contributed by atoms with van der Waals surface area (Å²) < 4.78 is 0. The lowest BCUT2D eigenvalue weighted by molar-refractivity contribution is 0.0698. The molecule has 0 aromatic heterocycles. The highest BCUT2D eigenvalue weighted by atomic mass is 35.5. The molecule has 4 heteroatoms. The van der Waals surface area contributed by atoms with Gasteiger partial charge >= 0.3 is 0 Å². The van der Waals surface area contributed by atoms with Crippen molar-refractivity contribution in [3.63, 3.8) is 0 Å². The maximum atomic E-state index is 12.4. The number of rotatable bonds is 2. The fraction of sp³-hybridized carbons (Fsp3) is 0.500. The SMILES string of the molecule is CNC1CCCN(C(=O)c2ccc(C)c(Cl)c2)C1. The van der Waals surface area contributed by atoms with Crippen LogP contribution in [0.2, 0.25) is 5.02 Å². The van der Waals surface area contributed by atoms with Crippen LogP contribution in [0.4, 0.5) is 0 Å². The first-order chi connectivity index (χ1) is 8.61. The lowest BCUT2D eigenvalue weighted by atomic mass is 10.0. The second-order valence-electron chi connectivity index (χ2n) is 4.84. The van der Waals surface area contributed by atoms with Crippen LogP contribution < -0.4 is 5.32 Å². The van der Waals surface area contributed by atoms with E-state index in [2.05, 4.69) is 5.32 Å². The molecule has 1 amide bonds. The molecule has 98 valence electrons. The van der Waals surface area contributed by atoms with Gasteiger partial charge in [-0.25, -0.2) is 0 Å². The van der Waals surface area contributed by atoms with E-state index in [1.807, 2.05) is 31.0 Å². The van der Waals surface area contributed by atoms with Gasteiger partial charge in [0.1, 0.15) is 0 Å². The van der Waals surface area contributed by atoms with Crippen LogP contribution in [0.1, 0.15) is 28.8 Å². The number of piperidine rings is 1. The molecule has 0 saturated carbocycles. The number of carbonyl (C=O) groups is 1. The van der Waals surface area contributed by atoms with Crippen molar-refractivity contribution in [2.24, 2.45) is 0 Å². The Morgan fingerprint density at radius 1 is 1.50 bits per heavy atom. The molecule has 1 unspecified atom stereocenters. The molecule has 1 aliphatic heterocycles. The first kappa shape index (κ1) is 13.4. The molecule has 1 N–H and O–H groups in total. The molecule has 0 radical (unpaired) electrons. The molecule has 1 aliphatic rings. The lowest BCUT2D eigenvalue weighted by Gasteiger charge is -2.32. The van der Waals surface area contributed by atoms with E-state index in [1.165, 1.54) is 0 Å². The average molecular weight is 267 g/mol. The summed E-state index contributed by atoms with van der Waals surface area (Å²) in [5, 5.41) is 3.90. The number of hydrogen-bond acceptors (Lipinski definition) is 2. The van der Waals surface area contributed by atoms with Gasteiger partial charge in [-0.15, -0.1) is 0 Å². The summed E-state index contributed by atoms with van der Waals surface area (Å²) in [6.45, 7) is 3.55. The molecular formula is C14H19ClN2O. The quantitative estimate of drug-likeness (QED) is 0.892. The Morgan fingerprint density at radius 2 is 2.28 bits per heavy atom. The highest BCUT2D eigenvalue weighted by Gasteiger charge is 2.23. The fourth-order valence-electron chi connectivity index (χ4n) is 2.31.